The highest BCUT2D eigenvalue weighted by molar-refractivity contribution is 8.00. The number of hydrogen-bond acceptors (Lipinski definition) is 7. The Hall–Kier alpha value is -5.26. The van der Waals surface area contributed by atoms with Gasteiger partial charge in [0, 0.05) is 27.1 Å². The molecule has 0 aliphatic rings. The van der Waals surface area contributed by atoms with Crippen LogP contribution in [0.1, 0.15) is 22.8 Å². The van der Waals surface area contributed by atoms with Crippen LogP contribution in [0.15, 0.2) is 119 Å². The van der Waals surface area contributed by atoms with Crippen LogP contribution in [-0.4, -0.2) is 35.1 Å². The summed E-state index contributed by atoms with van der Waals surface area (Å²) in [7, 11) is 1.61. The molecule has 11 heteroatoms. The van der Waals surface area contributed by atoms with Gasteiger partial charge in [-0.05, 0) is 85.3 Å². The molecule has 0 radical (unpaired) electrons. The molecule has 46 heavy (non-hydrogen) atoms. The summed E-state index contributed by atoms with van der Waals surface area (Å²) in [5.74, 6) is -0.928. The minimum Gasteiger partial charge on any atom is -0.497 e. The van der Waals surface area contributed by atoms with Crippen molar-refractivity contribution in [3.8, 4) is 17.0 Å². The third kappa shape index (κ3) is 8.68. The lowest BCUT2D eigenvalue weighted by Gasteiger charge is -2.13. The normalized spacial score (nSPS) is 11.8. The van der Waals surface area contributed by atoms with E-state index >= 15 is 0 Å². The number of halogens is 1. The molecule has 1 heterocycles. The molecule has 1 atom stereocenters. The largest absolute Gasteiger partial charge is 0.497 e. The first-order chi connectivity index (χ1) is 22.3. The van der Waals surface area contributed by atoms with Crippen LogP contribution in [-0.2, 0) is 9.59 Å². The Morgan fingerprint density at radius 1 is 0.913 bits per heavy atom. The number of anilines is 2. The first-order valence-electron chi connectivity index (χ1n) is 14.1. The number of benzene rings is 4. The summed E-state index contributed by atoms with van der Waals surface area (Å²) < 4.78 is 18.7. The van der Waals surface area contributed by atoms with Crippen molar-refractivity contribution in [3.63, 3.8) is 0 Å². The maximum Gasteiger partial charge on any atom is 0.272 e. The lowest BCUT2D eigenvalue weighted by atomic mass is 10.1. The molecule has 1 aromatic heterocycles. The second kappa shape index (κ2) is 15.2. The Kier molecular flexibility index (Phi) is 10.6. The van der Waals surface area contributed by atoms with Crippen LogP contribution >= 0.6 is 23.1 Å². The van der Waals surface area contributed by atoms with Gasteiger partial charge >= 0.3 is 0 Å². The summed E-state index contributed by atoms with van der Waals surface area (Å²) in [5, 5.41) is 10.2. The van der Waals surface area contributed by atoms with Gasteiger partial charge in [0.15, 0.2) is 5.13 Å². The molecule has 5 rings (SSSR count). The number of ether oxygens (including phenoxy) is 1. The zero-order valence-electron chi connectivity index (χ0n) is 24.8. The van der Waals surface area contributed by atoms with E-state index in [-0.39, 0.29) is 11.6 Å². The predicted octanol–water partition coefficient (Wildman–Crippen LogP) is 7.49. The summed E-state index contributed by atoms with van der Waals surface area (Å²) >= 11 is 2.66. The Labute approximate surface area is 273 Å². The van der Waals surface area contributed by atoms with E-state index in [0.29, 0.717) is 21.9 Å². The van der Waals surface area contributed by atoms with E-state index in [1.807, 2.05) is 35.7 Å². The van der Waals surface area contributed by atoms with Crippen LogP contribution < -0.4 is 20.7 Å². The molecule has 8 nitrogen and oxygen atoms in total. The fourth-order valence-electron chi connectivity index (χ4n) is 4.20. The van der Waals surface area contributed by atoms with Crippen molar-refractivity contribution in [2.45, 2.75) is 17.1 Å². The summed E-state index contributed by atoms with van der Waals surface area (Å²) in [5.41, 5.74) is 3.00. The van der Waals surface area contributed by atoms with E-state index in [4.69, 9.17) is 4.74 Å². The highest BCUT2D eigenvalue weighted by Gasteiger charge is 2.18. The quantitative estimate of drug-likeness (QED) is 0.101. The molecule has 0 aliphatic heterocycles. The van der Waals surface area contributed by atoms with Crippen molar-refractivity contribution < 1.29 is 23.5 Å². The zero-order valence-corrected chi connectivity index (χ0v) is 26.5. The number of thioether (sulfide) groups is 1. The van der Waals surface area contributed by atoms with E-state index in [9.17, 15) is 18.8 Å². The Balaban J connectivity index is 1.24. The van der Waals surface area contributed by atoms with E-state index in [0.717, 1.165) is 21.9 Å². The van der Waals surface area contributed by atoms with Crippen LogP contribution in [0.5, 0.6) is 5.75 Å². The molecule has 0 saturated carbocycles. The number of nitrogens with one attached hydrogen (secondary N) is 3. The van der Waals surface area contributed by atoms with E-state index < -0.39 is 22.9 Å². The Morgan fingerprint density at radius 2 is 1.65 bits per heavy atom. The molecule has 5 aromatic rings. The third-order valence-corrected chi connectivity index (χ3v) is 8.46. The molecule has 0 bridgehead atoms. The molecular weight excluding hydrogens is 624 g/mol. The average Bonchev–Trinajstić information content (AvgIpc) is 3.54. The second-order valence-electron chi connectivity index (χ2n) is 9.93. The molecule has 3 amide bonds. The Bertz CT molecular complexity index is 1860. The van der Waals surface area contributed by atoms with Gasteiger partial charge in [0.05, 0.1) is 18.1 Å². The molecule has 3 N–H and O–H groups in total. The topological polar surface area (TPSA) is 109 Å². The van der Waals surface area contributed by atoms with Crippen molar-refractivity contribution in [1.82, 2.24) is 10.3 Å². The monoisotopic (exact) mass is 652 g/mol. The second-order valence-corrected chi connectivity index (χ2v) is 12.2. The van der Waals surface area contributed by atoms with Gasteiger partial charge in [0.25, 0.3) is 11.8 Å². The van der Waals surface area contributed by atoms with Gasteiger partial charge in [-0.3, -0.25) is 14.4 Å². The third-order valence-electron chi connectivity index (χ3n) is 6.60. The molecular formula is C35H29FN4O4S2. The van der Waals surface area contributed by atoms with Gasteiger partial charge in [-0.1, -0.05) is 36.4 Å². The number of methoxy groups -OCH3 is 1. The van der Waals surface area contributed by atoms with Crippen LogP contribution in [0, 0.1) is 5.82 Å². The molecule has 0 fully saturated rings. The summed E-state index contributed by atoms with van der Waals surface area (Å²) in [6.07, 6.45) is 1.47. The number of carbonyl (C=O) groups is 3. The molecule has 0 spiro atoms. The highest BCUT2D eigenvalue weighted by Crippen LogP contribution is 2.29. The van der Waals surface area contributed by atoms with Gasteiger partial charge < -0.3 is 20.7 Å². The average molecular weight is 653 g/mol. The van der Waals surface area contributed by atoms with Crippen molar-refractivity contribution in [2.24, 2.45) is 0 Å². The van der Waals surface area contributed by atoms with Crippen molar-refractivity contribution in [3.05, 3.63) is 131 Å². The fraction of sp³-hybridized carbons (Fsp3) is 0.0857. The smallest absolute Gasteiger partial charge is 0.272 e. The summed E-state index contributed by atoms with van der Waals surface area (Å²) in [6.45, 7) is 1.78. The van der Waals surface area contributed by atoms with Gasteiger partial charge in [0.2, 0.25) is 5.91 Å². The van der Waals surface area contributed by atoms with Crippen LogP contribution in [0.25, 0.3) is 17.3 Å². The maximum absolute atomic E-state index is 13.5. The fourth-order valence-corrected chi connectivity index (χ4v) is 5.85. The van der Waals surface area contributed by atoms with Gasteiger partial charge in [0.1, 0.15) is 17.3 Å². The standard InChI is InChI=1S/C35H29FN4O4S2/c1-22(32(41)40-35-39-31(21-45-35)24-13-17-28(44-2)18-14-24)46-29-10-6-9-27(20-29)37-34(43)30(19-23-11-15-26(36)16-12-23)38-33(42)25-7-4-3-5-8-25/h3-22H,1-2H3,(H,37,43)(H,38,42)(H,39,40,41)/b30-19-. The summed E-state index contributed by atoms with van der Waals surface area (Å²) in [6, 6.07) is 28.6. The number of hydrogen-bond donors (Lipinski definition) is 3. The van der Waals surface area contributed by atoms with E-state index in [2.05, 4.69) is 20.9 Å². The van der Waals surface area contributed by atoms with Crippen LogP contribution in [0.3, 0.4) is 0 Å². The van der Waals surface area contributed by atoms with Crippen molar-refractivity contribution in [2.75, 3.05) is 17.7 Å². The molecule has 0 aliphatic carbocycles. The molecule has 4 aromatic carbocycles. The molecule has 232 valence electrons. The number of amides is 3. The van der Waals surface area contributed by atoms with Gasteiger partial charge in [-0.15, -0.1) is 23.1 Å². The number of carbonyl (C=O) groups excluding carboxylic acids is 3. The van der Waals surface area contributed by atoms with Gasteiger partial charge in [-0.2, -0.15) is 0 Å². The summed E-state index contributed by atoms with van der Waals surface area (Å²) in [4.78, 5) is 44.5. The number of rotatable bonds is 11. The van der Waals surface area contributed by atoms with Gasteiger partial charge in [-0.25, -0.2) is 9.37 Å². The zero-order chi connectivity index (χ0) is 32.5. The van der Waals surface area contributed by atoms with E-state index in [1.165, 1.54) is 53.4 Å². The van der Waals surface area contributed by atoms with Crippen molar-refractivity contribution >= 4 is 57.7 Å². The predicted molar refractivity (Wildman–Crippen MR) is 181 cm³/mol. The lowest BCUT2D eigenvalue weighted by molar-refractivity contribution is -0.115. The first kappa shape index (κ1) is 32.1. The van der Waals surface area contributed by atoms with Crippen LogP contribution in [0.2, 0.25) is 0 Å². The first-order valence-corrected chi connectivity index (χ1v) is 15.9. The maximum atomic E-state index is 13.5. The minimum atomic E-state index is -0.571. The number of thiazole rings is 1. The van der Waals surface area contributed by atoms with E-state index in [1.54, 1.807) is 62.6 Å². The lowest BCUT2D eigenvalue weighted by Crippen LogP contribution is -2.30. The highest BCUT2D eigenvalue weighted by atomic mass is 32.2. The molecule has 0 saturated heterocycles. The SMILES string of the molecule is COc1ccc(-c2csc(NC(=O)C(C)Sc3cccc(NC(=O)/C(=C/c4ccc(F)cc4)NC(=O)c4ccccc4)c3)n2)cc1. The molecule has 1 unspecified atom stereocenters. The van der Waals surface area contributed by atoms with Crippen molar-refractivity contribution in [1.29, 1.82) is 0 Å². The minimum absolute atomic E-state index is 0.0243. The van der Waals surface area contributed by atoms with Crippen LogP contribution in [0.4, 0.5) is 15.2 Å². The number of aromatic nitrogens is 1. The Morgan fingerprint density at radius 3 is 2.37 bits per heavy atom. The number of nitrogens with zero attached hydrogens (tertiary/aromatic N) is 1.